The first-order chi connectivity index (χ1) is 6.28. The Labute approximate surface area is 78.5 Å². The first-order valence-electron chi connectivity index (χ1n) is 3.81. The van der Waals surface area contributed by atoms with Gasteiger partial charge >= 0.3 is 12.1 Å². The predicted octanol–water partition coefficient (Wildman–Crippen LogP) is 0.145. The Morgan fingerprint density at radius 2 is 2.00 bits per heavy atom. The molecule has 14 heavy (non-hydrogen) atoms. The summed E-state index contributed by atoms with van der Waals surface area (Å²) in [6, 6.07) is 0. The zero-order valence-corrected chi connectivity index (χ0v) is 7.35. The molecule has 0 radical (unpaired) electrons. The number of hydrogen-bond donors (Lipinski definition) is 1. The third-order valence-electron chi connectivity index (χ3n) is 1.79. The van der Waals surface area contributed by atoms with E-state index in [2.05, 4.69) is 11.8 Å². The lowest BCUT2D eigenvalue weighted by molar-refractivity contribution is -0.198. The van der Waals surface area contributed by atoms with Crippen LogP contribution in [0.2, 0.25) is 0 Å². The van der Waals surface area contributed by atoms with E-state index in [-0.39, 0.29) is 13.1 Å². The van der Waals surface area contributed by atoms with Crippen LogP contribution in [0, 0.1) is 11.8 Å². The fourth-order valence-corrected chi connectivity index (χ4v) is 1.22. The number of carbonyl (C=O) groups excluding carboxylic acids is 1. The molecule has 0 spiro atoms. The number of rotatable bonds is 0. The minimum atomic E-state index is -4.87. The monoisotopic (exact) mass is 207 g/mol. The lowest BCUT2D eigenvalue weighted by atomic mass is 9.95. The van der Waals surface area contributed by atoms with E-state index in [9.17, 15) is 23.1 Å². The number of nitrogens with zero attached hydrogens (tertiary/aromatic N) is 1. The number of likely N-dealkylation sites (tertiary alicyclic amines) is 1. The number of aliphatic hydroxyl groups is 1. The predicted molar refractivity (Wildman–Crippen MR) is 41.0 cm³/mol. The van der Waals surface area contributed by atoms with E-state index in [1.165, 1.54) is 6.92 Å². The maximum atomic E-state index is 11.8. The quantitative estimate of drug-likeness (QED) is 0.574. The molecule has 3 nitrogen and oxygen atoms in total. The highest BCUT2D eigenvalue weighted by molar-refractivity contribution is 5.83. The summed E-state index contributed by atoms with van der Waals surface area (Å²) in [5.41, 5.74) is -1.46. The van der Waals surface area contributed by atoms with Crippen LogP contribution in [0.15, 0.2) is 0 Å². The molecule has 1 saturated heterocycles. The van der Waals surface area contributed by atoms with E-state index in [1.54, 1.807) is 0 Å². The standard InChI is InChI=1S/C8H8F3NO2/c1-2-3-7(14)4-12(5-7)6(13)8(9,10)11/h14H,4-5H2,1H3. The molecule has 1 fully saturated rings. The van der Waals surface area contributed by atoms with Crippen molar-refractivity contribution in [3.63, 3.8) is 0 Å². The summed E-state index contributed by atoms with van der Waals surface area (Å²) in [5.74, 6) is 2.80. The summed E-state index contributed by atoms with van der Waals surface area (Å²) in [5, 5.41) is 9.36. The minimum absolute atomic E-state index is 0.383. The lowest BCUT2D eigenvalue weighted by Gasteiger charge is -2.43. The summed E-state index contributed by atoms with van der Waals surface area (Å²) in [6.45, 7) is 0.699. The first-order valence-corrected chi connectivity index (χ1v) is 3.81. The Hall–Kier alpha value is -1.22. The molecule has 0 aromatic heterocycles. The lowest BCUT2D eigenvalue weighted by Crippen LogP contribution is -2.65. The van der Waals surface area contributed by atoms with Crippen molar-refractivity contribution in [3.8, 4) is 11.8 Å². The van der Waals surface area contributed by atoms with Gasteiger partial charge in [-0.3, -0.25) is 4.79 Å². The summed E-state index contributed by atoms with van der Waals surface area (Å²) in [6.07, 6.45) is -4.87. The normalized spacial score (nSPS) is 19.4. The van der Waals surface area contributed by atoms with Gasteiger partial charge in [-0.2, -0.15) is 13.2 Å². The average molecular weight is 207 g/mol. The maximum Gasteiger partial charge on any atom is 0.471 e. The molecule has 6 heteroatoms. The second-order valence-electron chi connectivity index (χ2n) is 3.07. The third-order valence-corrected chi connectivity index (χ3v) is 1.79. The van der Waals surface area contributed by atoms with Gasteiger partial charge in [0.1, 0.15) is 0 Å². The van der Waals surface area contributed by atoms with Crippen molar-refractivity contribution >= 4 is 5.91 Å². The van der Waals surface area contributed by atoms with E-state index in [0.717, 1.165) is 0 Å². The number of carbonyl (C=O) groups is 1. The Kier molecular flexibility index (Phi) is 2.46. The first kappa shape index (κ1) is 10.9. The highest BCUT2D eigenvalue weighted by Gasteiger charge is 2.51. The van der Waals surface area contributed by atoms with Crippen LogP contribution in [-0.2, 0) is 4.79 Å². The van der Waals surface area contributed by atoms with Gasteiger partial charge in [0.2, 0.25) is 0 Å². The van der Waals surface area contributed by atoms with Gasteiger partial charge in [-0.1, -0.05) is 5.92 Å². The summed E-state index contributed by atoms with van der Waals surface area (Å²) in [7, 11) is 0. The van der Waals surface area contributed by atoms with E-state index in [0.29, 0.717) is 4.90 Å². The average Bonchev–Trinajstić information content (AvgIpc) is 1.97. The van der Waals surface area contributed by atoms with Crippen molar-refractivity contribution in [1.29, 1.82) is 0 Å². The molecular weight excluding hydrogens is 199 g/mol. The van der Waals surface area contributed by atoms with E-state index >= 15 is 0 Å². The fourth-order valence-electron chi connectivity index (χ4n) is 1.22. The SMILES string of the molecule is CC#CC1(O)CN(C(=O)C(F)(F)F)C1. The van der Waals surface area contributed by atoms with Crippen molar-refractivity contribution < 1.29 is 23.1 Å². The molecule has 1 aliphatic rings. The number of β-amino-alcohol motifs (C(OH)–C–C–N with tert-alkyl or cyclic N) is 1. The molecule has 0 aromatic rings. The van der Waals surface area contributed by atoms with Crippen molar-refractivity contribution in [1.82, 2.24) is 4.90 Å². The number of hydrogen-bond acceptors (Lipinski definition) is 2. The van der Waals surface area contributed by atoms with Gasteiger partial charge in [0, 0.05) is 0 Å². The highest BCUT2D eigenvalue weighted by atomic mass is 19.4. The van der Waals surface area contributed by atoms with Gasteiger partial charge in [-0.25, -0.2) is 0 Å². The van der Waals surface area contributed by atoms with E-state index in [1.807, 2.05) is 0 Å². The molecule has 78 valence electrons. The second kappa shape index (κ2) is 3.17. The summed E-state index contributed by atoms with van der Waals surface area (Å²) >= 11 is 0. The van der Waals surface area contributed by atoms with Crippen molar-refractivity contribution in [2.24, 2.45) is 0 Å². The Morgan fingerprint density at radius 3 is 2.36 bits per heavy atom. The van der Waals surface area contributed by atoms with E-state index in [4.69, 9.17) is 0 Å². The van der Waals surface area contributed by atoms with Gasteiger partial charge in [-0.05, 0) is 6.92 Å². The van der Waals surface area contributed by atoms with Crippen molar-refractivity contribution in [2.45, 2.75) is 18.7 Å². The molecule has 1 amide bonds. The molecule has 1 heterocycles. The second-order valence-corrected chi connectivity index (χ2v) is 3.07. The van der Waals surface area contributed by atoms with Gasteiger partial charge in [0.05, 0.1) is 13.1 Å². The van der Waals surface area contributed by atoms with Crippen LogP contribution in [0.5, 0.6) is 0 Å². The zero-order valence-electron chi connectivity index (χ0n) is 7.35. The Morgan fingerprint density at radius 1 is 1.50 bits per heavy atom. The summed E-state index contributed by atoms with van der Waals surface area (Å²) in [4.78, 5) is 11.1. The molecule has 0 atom stereocenters. The number of halogens is 3. The number of alkyl halides is 3. The van der Waals surface area contributed by atoms with Gasteiger partial charge < -0.3 is 10.0 Å². The van der Waals surface area contributed by atoms with Crippen LogP contribution in [0.1, 0.15) is 6.92 Å². The van der Waals surface area contributed by atoms with Crippen LogP contribution >= 0.6 is 0 Å². The van der Waals surface area contributed by atoms with Crippen LogP contribution in [0.4, 0.5) is 13.2 Å². The van der Waals surface area contributed by atoms with Gasteiger partial charge in [0.25, 0.3) is 0 Å². The van der Waals surface area contributed by atoms with Gasteiger partial charge in [0.15, 0.2) is 5.60 Å². The molecule has 0 saturated carbocycles. The molecular formula is C8H8F3NO2. The fraction of sp³-hybridized carbons (Fsp3) is 0.625. The molecule has 0 unspecified atom stereocenters. The Bertz CT molecular complexity index is 307. The zero-order chi connectivity index (χ0) is 11.0. The molecule has 0 aliphatic carbocycles. The van der Waals surface area contributed by atoms with E-state index < -0.39 is 17.7 Å². The van der Waals surface area contributed by atoms with Crippen LogP contribution in [-0.4, -0.2) is 40.8 Å². The molecule has 1 aliphatic heterocycles. The van der Waals surface area contributed by atoms with Crippen LogP contribution < -0.4 is 0 Å². The van der Waals surface area contributed by atoms with Crippen LogP contribution in [0.3, 0.4) is 0 Å². The smallest absolute Gasteiger partial charge is 0.374 e. The molecule has 0 bridgehead atoms. The number of amides is 1. The molecule has 0 aromatic carbocycles. The highest BCUT2D eigenvalue weighted by Crippen LogP contribution is 2.26. The minimum Gasteiger partial charge on any atom is -0.374 e. The largest absolute Gasteiger partial charge is 0.471 e. The van der Waals surface area contributed by atoms with Crippen LogP contribution in [0.25, 0.3) is 0 Å². The van der Waals surface area contributed by atoms with Gasteiger partial charge in [-0.15, -0.1) is 5.92 Å². The third kappa shape index (κ3) is 1.99. The topological polar surface area (TPSA) is 40.5 Å². The maximum absolute atomic E-state index is 11.8. The van der Waals surface area contributed by atoms with Crippen molar-refractivity contribution in [3.05, 3.63) is 0 Å². The molecule has 1 rings (SSSR count). The Balaban J connectivity index is 2.56. The molecule has 1 N–H and O–H groups in total. The van der Waals surface area contributed by atoms with Crippen molar-refractivity contribution in [2.75, 3.05) is 13.1 Å². The summed E-state index contributed by atoms with van der Waals surface area (Å²) < 4.78 is 35.5.